The number of benzene rings is 3. The van der Waals surface area contributed by atoms with Crippen molar-refractivity contribution in [2.75, 3.05) is 6.54 Å². The van der Waals surface area contributed by atoms with E-state index >= 15 is 0 Å². The molecule has 3 rings (SSSR count). The molecule has 116 valence electrons. The van der Waals surface area contributed by atoms with Crippen molar-refractivity contribution in [2.45, 2.75) is 12.8 Å². The van der Waals surface area contributed by atoms with Crippen LogP contribution in [-0.2, 0) is 0 Å². The van der Waals surface area contributed by atoms with E-state index in [-0.39, 0.29) is 17.2 Å². The van der Waals surface area contributed by atoms with Crippen LogP contribution in [0.15, 0.2) is 60.7 Å². The van der Waals surface area contributed by atoms with Gasteiger partial charge in [-0.2, -0.15) is 0 Å². The minimum atomic E-state index is -0.477. The second-order valence-electron chi connectivity index (χ2n) is 5.74. The molecule has 0 heterocycles. The molecule has 0 aliphatic carbocycles. The lowest BCUT2D eigenvalue weighted by molar-refractivity contribution is -0.481. The Hall–Kier alpha value is -2.88. The lowest BCUT2D eigenvalue weighted by Gasteiger charge is -2.16. The molecule has 0 spiro atoms. The minimum Gasteiger partial charge on any atom is -0.508 e. The molecule has 0 saturated carbocycles. The van der Waals surface area contributed by atoms with Crippen LogP contribution in [0.25, 0.3) is 10.8 Å². The number of aromatic hydroxyl groups is 1. The van der Waals surface area contributed by atoms with Crippen LogP contribution in [0.3, 0.4) is 0 Å². The highest BCUT2D eigenvalue weighted by atomic mass is 16.6. The number of hydrogen-bond donors (Lipinski definition) is 1. The molecular weight excluding hydrogens is 290 g/mol. The van der Waals surface area contributed by atoms with Crippen molar-refractivity contribution < 1.29 is 10.0 Å². The molecule has 1 unspecified atom stereocenters. The molecule has 0 aromatic heterocycles. The van der Waals surface area contributed by atoms with Gasteiger partial charge in [0.25, 0.3) is 0 Å². The van der Waals surface area contributed by atoms with Gasteiger partial charge in [0.1, 0.15) is 5.75 Å². The highest BCUT2D eigenvalue weighted by Gasteiger charge is 2.23. The second-order valence-corrected chi connectivity index (χ2v) is 5.74. The summed E-state index contributed by atoms with van der Waals surface area (Å²) in [5, 5.41) is 23.4. The summed E-state index contributed by atoms with van der Waals surface area (Å²) in [5.74, 6) is -0.384. The molecule has 1 atom stereocenters. The molecular formula is C19H17NO3. The fraction of sp³-hybridized carbons (Fsp3) is 0.158. The van der Waals surface area contributed by atoms with Crippen LogP contribution >= 0.6 is 0 Å². The van der Waals surface area contributed by atoms with Crippen LogP contribution in [0.5, 0.6) is 5.75 Å². The number of rotatable bonds is 4. The molecule has 3 aromatic carbocycles. The molecule has 0 amide bonds. The highest BCUT2D eigenvalue weighted by Crippen LogP contribution is 2.33. The van der Waals surface area contributed by atoms with Gasteiger partial charge in [-0.1, -0.05) is 60.2 Å². The second kappa shape index (κ2) is 6.08. The van der Waals surface area contributed by atoms with Gasteiger partial charge in [0.2, 0.25) is 6.54 Å². The Morgan fingerprint density at radius 3 is 2.52 bits per heavy atom. The molecule has 1 N–H and O–H groups in total. The van der Waals surface area contributed by atoms with Gasteiger partial charge >= 0.3 is 0 Å². The van der Waals surface area contributed by atoms with Crippen molar-refractivity contribution in [1.82, 2.24) is 0 Å². The molecule has 0 aliphatic rings. The quantitative estimate of drug-likeness (QED) is 0.578. The Bertz CT molecular complexity index is 873. The van der Waals surface area contributed by atoms with Crippen LogP contribution in [-0.4, -0.2) is 16.6 Å². The Labute approximate surface area is 134 Å². The van der Waals surface area contributed by atoms with Gasteiger partial charge in [0, 0.05) is 10.5 Å². The van der Waals surface area contributed by atoms with Crippen molar-refractivity contribution in [3.8, 4) is 5.75 Å². The fourth-order valence-corrected chi connectivity index (χ4v) is 2.91. The number of nitrogens with zero attached hydrogens (tertiary/aromatic N) is 1. The maximum absolute atomic E-state index is 11.1. The number of phenols is 1. The van der Waals surface area contributed by atoms with Crippen molar-refractivity contribution in [3.05, 3.63) is 87.5 Å². The first kappa shape index (κ1) is 15.0. The summed E-state index contributed by atoms with van der Waals surface area (Å²) in [7, 11) is 0. The van der Waals surface area contributed by atoms with Crippen LogP contribution < -0.4 is 0 Å². The fourth-order valence-electron chi connectivity index (χ4n) is 2.91. The summed E-state index contributed by atoms with van der Waals surface area (Å²) in [6, 6.07) is 18.9. The molecule has 3 aromatic rings. The lowest BCUT2D eigenvalue weighted by Crippen LogP contribution is -2.14. The molecule has 4 heteroatoms. The van der Waals surface area contributed by atoms with E-state index in [1.807, 2.05) is 55.5 Å². The summed E-state index contributed by atoms with van der Waals surface area (Å²) in [5.41, 5.74) is 2.39. The summed E-state index contributed by atoms with van der Waals surface area (Å²) in [4.78, 5) is 10.8. The number of nitro groups is 1. The van der Waals surface area contributed by atoms with Crippen molar-refractivity contribution in [2.24, 2.45) is 0 Å². The lowest BCUT2D eigenvalue weighted by atomic mass is 9.88. The van der Waals surface area contributed by atoms with Crippen molar-refractivity contribution in [1.29, 1.82) is 0 Å². The Kier molecular flexibility index (Phi) is 3.98. The van der Waals surface area contributed by atoms with E-state index in [1.54, 1.807) is 12.1 Å². The normalized spacial score (nSPS) is 12.2. The molecule has 23 heavy (non-hydrogen) atoms. The van der Waals surface area contributed by atoms with Gasteiger partial charge < -0.3 is 5.11 Å². The first-order valence-electron chi connectivity index (χ1n) is 7.44. The first-order valence-corrected chi connectivity index (χ1v) is 7.44. The van der Waals surface area contributed by atoms with Gasteiger partial charge in [-0.15, -0.1) is 0 Å². The first-order chi connectivity index (χ1) is 11.0. The molecule has 4 nitrogen and oxygen atoms in total. The molecule has 0 aliphatic heterocycles. The maximum atomic E-state index is 11.1. The van der Waals surface area contributed by atoms with Gasteiger partial charge in [0.05, 0.1) is 5.92 Å². The number of fused-ring (bicyclic) bond motifs is 1. The molecule has 0 bridgehead atoms. The molecule has 0 radical (unpaired) electrons. The Morgan fingerprint density at radius 1 is 1.04 bits per heavy atom. The zero-order valence-electron chi connectivity index (χ0n) is 12.8. The highest BCUT2D eigenvalue weighted by molar-refractivity contribution is 5.83. The van der Waals surface area contributed by atoms with E-state index in [0.717, 1.165) is 21.9 Å². The van der Waals surface area contributed by atoms with Crippen LogP contribution in [0.1, 0.15) is 22.6 Å². The maximum Gasteiger partial charge on any atom is 0.214 e. The van der Waals surface area contributed by atoms with E-state index < -0.39 is 5.92 Å². The van der Waals surface area contributed by atoms with Gasteiger partial charge in [0.15, 0.2) is 0 Å². The van der Waals surface area contributed by atoms with Gasteiger partial charge in [-0.05, 0) is 29.3 Å². The third-order valence-electron chi connectivity index (χ3n) is 4.07. The topological polar surface area (TPSA) is 63.4 Å². The minimum absolute atomic E-state index is 0.0932. The average Bonchev–Trinajstić information content (AvgIpc) is 2.54. The predicted octanol–water partition coefficient (Wildman–Crippen LogP) is 4.26. The zero-order valence-corrected chi connectivity index (χ0v) is 12.8. The summed E-state index contributed by atoms with van der Waals surface area (Å²) in [6.07, 6.45) is 0. The third kappa shape index (κ3) is 3.16. The van der Waals surface area contributed by atoms with Crippen molar-refractivity contribution >= 4 is 10.8 Å². The van der Waals surface area contributed by atoms with E-state index in [4.69, 9.17) is 0 Å². The summed E-state index contributed by atoms with van der Waals surface area (Å²) in [6.45, 7) is 1.65. The van der Waals surface area contributed by atoms with Crippen LogP contribution in [0, 0.1) is 17.0 Å². The van der Waals surface area contributed by atoms with E-state index in [2.05, 4.69) is 0 Å². The average molecular weight is 307 g/mol. The van der Waals surface area contributed by atoms with E-state index in [0.29, 0.717) is 5.56 Å². The monoisotopic (exact) mass is 307 g/mol. The zero-order chi connectivity index (χ0) is 16.4. The number of hydrogen-bond acceptors (Lipinski definition) is 3. The number of aryl methyl sites for hydroxylation is 1. The largest absolute Gasteiger partial charge is 0.508 e. The standard InChI is InChI=1S/C19H17NO3/c1-13-6-9-19(21)17(10-13)18(12-20(22)23)16-8-7-14-4-2-3-5-15(14)11-16/h2-11,18,21H,12H2,1H3. The Balaban J connectivity index is 2.13. The van der Waals surface area contributed by atoms with Crippen molar-refractivity contribution in [3.63, 3.8) is 0 Å². The summed E-state index contributed by atoms with van der Waals surface area (Å²) >= 11 is 0. The van der Waals surface area contributed by atoms with Gasteiger partial charge in [-0.3, -0.25) is 10.1 Å². The SMILES string of the molecule is Cc1ccc(O)c(C(C[N+](=O)[O-])c2ccc3ccccc3c2)c1. The van der Waals surface area contributed by atoms with E-state index in [9.17, 15) is 15.2 Å². The molecule has 0 saturated heterocycles. The Morgan fingerprint density at radius 2 is 1.78 bits per heavy atom. The van der Waals surface area contributed by atoms with E-state index in [1.165, 1.54) is 0 Å². The van der Waals surface area contributed by atoms with Crippen LogP contribution in [0.4, 0.5) is 0 Å². The number of phenolic OH excluding ortho intramolecular Hbond substituents is 1. The molecule has 0 fully saturated rings. The van der Waals surface area contributed by atoms with Gasteiger partial charge in [-0.25, -0.2) is 0 Å². The smallest absolute Gasteiger partial charge is 0.214 e. The van der Waals surface area contributed by atoms with Crippen LogP contribution in [0.2, 0.25) is 0 Å². The third-order valence-corrected chi connectivity index (χ3v) is 4.07. The summed E-state index contributed by atoms with van der Waals surface area (Å²) < 4.78 is 0. The predicted molar refractivity (Wildman–Crippen MR) is 90.5 cm³/mol.